The summed E-state index contributed by atoms with van der Waals surface area (Å²) in [7, 11) is 1.76. The second-order valence-corrected chi connectivity index (χ2v) is 7.30. The first-order chi connectivity index (χ1) is 11.2. The number of hydrogen-bond acceptors (Lipinski definition) is 4. The van der Waals surface area contributed by atoms with Crippen molar-refractivity contribution < 1.29 is 19.1 Å². The van der Waals surface area contributed by atoms with Crippen LogP contribution in [0.1, 0.15) is 31.9 Å². The van der Waals surface area contributed by atoms with Crippen LogP contribution in [0.2, 0.25) is 0 Å². The van der Waals surface area contributed by atoms with Crippen LogP contribution < -0.4 is 9.64 Å². The maximum absolute atomic E-state index is 12.3. The summed E-state index contributed by atoms with van der Waals surface area (Å²) in [5.41, 5.74) is 2.63. The highest BCUT2D eigenvalue weighted by Crippen LogP contribution is 2.35. The van der Waals surface area contributed by atoms with Gasteiger partial charge in [-0.25, -0.2) is 4.79 Å². The molecule has 0 saturated carbocycles. The normalized spacial score (nSPS) is 17.6. The van der Waals surface area contributed by atoms with E-state index in [1.54, 1.807) is 16.8 Å². The lowest BCUT2D eigenvalue weighted by atomic mass is 10.0. The van der Waals surface area contributed by atoms with Gasteiger partial charge < -0.3 is 19.3 Å². The first-order valence-electron chi connectivity index (χ1n) is 8.28. The van der Waals surface area contributed by atoms with Gasteiger partial charge in [-0.3, -0.25) is 4.79 Å². The Labute approximate surface area is 142 Å². The zero-order chi connectivity index (χ0) is 17.5. The van der Waals surface area contributed by atoms with E-state index in [1.165, 1.54) is 5.56 Å². The van der Waals surface area contributed by atoms with Crippen LogP contribution >= 0.6 is 0 Å². The van der Waals surface area contributed by atoms with Crippen molar-refractivity contribution in [2.45, 2.75) is 39.2 Å². The summed E-state index contributed by atoms with van der Waals surface area (Å²) in [6.45, 7) is 6.92. The quantitative estimate of drug-likeness (QED) is 0.732. The summed E-state index contributed by atoms with van der Waals surface area (Å²) in [5.74, 6) is 0.688. The first kappa shape index (κ1) is 16.6. The molecule has 0 radical (unpaired) electrons. The Morgan fingerprint density at radius 1 is 1.17 bits per heavy atom. The van der Waals surface area contributed by atoms with E-state index in [1.807, 2.05) is 32.9 Å². The Kier molecular flexibility index (Phi) is 4.15. The molecule has 2 amide bonds. The highest BCUT2D eigenvalue weighted by molar-refractivity contribution is 5.97. The van der Waals surface area contributed by atoms with Crippen LogP contribution in [-0.4, -0.2) is 49.2 Å². The third-order valence-electron chi connectivity index (χ3n) is 4.32. The smallest absolute Gasteiger partial charge is 0.410 e. The Morgan fingerprint density at radius 3 is 2.42 bits per heavy atom. The molecule has 0 N–H and O–H groups in total. The number of anilines is 1. The third-order valence-corrected chi connectivity index (χ3v) is 4.32. The number of carbonyl (C=O) groups is 2. The largest absolute Gasteiger partial charge is 0.482 e. The van der Waals surface area contributed by atoms with Gasteiger partial charge in [0.05, 0.1) is 5.69 Å². The Morgan fingerprint density at radius 2 is 1.79 bits per heavy atom. The number of ether oxygens (including phenoxy) is 2. The maximum atomic E-state index is 12.3. The minimum atomic E-state index is -0.494. The van der Waals surface area contributed by atoms with Crippen molar-refractivity contribution in [3.63, 3.8) is 0 Å². The molecule has 24 heavy (non-hydrogen) atoms. The van der Waals surface area contributed by atoms with Crippen molar-refractivity contribution in [1.82, 2.24) is 4.90 Å². The van der Waals surface area contributed by atoms with Crippen LogP contribution in [0.5, 0.6) is 5.75 Å². The van der Waals surface area contributed by atoms with E-state index in [4.69, 9.17) is 9.47 Å². The molecule has 6 nitrogen and oxygen atoms in total. The standard InChI is InChI=1S/C18H24N2O4/c1-18(2,3)24-17(22)20-7-5-12-9-14-15(10-13(12)6-8-20)23-11-16(21)19(14)4/h9-10H,5-8,11H2,1-4H3. The molecule has 2 aliphatic rings. The fourth-order valence-electron chi connectivity index (χ4n) is 3.00. The number of benzene rings is 1. The van der Waals surface area contributed by atoms with Crippen molar-refractivity contribution in [2.75, 3.05) is 31.6 Å². The average Bonchev–Trinajstić information content (AvgIpc) is 2.70. The number of nitrogens with zero attached hydrogens (tertiary/aromatic N) is 2. The van der Waals surface area contributed by atoms with E-state index in [0.29, 0.717) is 13.1 Å². The van der Waals surface area contributed by atoms with Gasteiger partial charge in [0.15, 0.2) is 6.61 Å². The van der Waals surface area contributed by atoms with Crippen LogP contribution in [0.15, 0.2) is 12.1 Å². The molecule has 2 heterocycles. The summed E-state index contributed by atoms with van der Waals surface area (Å²) in [5, 5.41) is 0. The lowest BCUT2D eigenvalue weighted by Gasteiger charge is -2.27. The lowest BCUT2D eigenvalue weighted by molar-refractivity contribution is -0.120. The van der Waals surface area contributed by atoms with Crippen molar-refractivity contribution in [2.24, 2.45) is 0 Å². The lowest BCUT2D eigenvalue weighted by Crippen LogP contribution is -2.38. The molecule has 0 fully saturated rings. The Bertz CT molecular complexity index is 678. The monoisotopic (exact) mass is 332 g/mol. The zero-order valence-electron chi connectivity index (χ0n) is 14.7. The minimum Gasteiger partial charge on any atom is -0.482 e. The van der Waals surface area contributed by atoms with Gasteiger partial charge in [-0.05, 0) is 56.9 Å². The first-order valence-corrected chi connectivity index (χ1v) is 8.28. The SMILES string of the molecule is CN1C(=O)COc2cc3c(cc21)CCN(C(=O)OC(C)(C)C)CC3. The molecular formula is C18H24N2O4. The maximum Gasteiger partial charge on any atom is 0.410 e. The molecule has 0 saturated heterocycles. The van der Waals surface area contributed by atoms with Crippen LogP contribution in [0.4, 0.5) is 10.5 Å². The van der Waals surface area contributed by atoms with Gasteiger partial charge in [0.25, 0.3) is 5.91 Å². The highest BCUT2D eigenvalue weighted by atomic mass is 16.6. The van der Waals surface area contributed by atoms with Crippen LogP contribution in [0.25, 0.3) is 0 Å². The number of fused-ring (bicyclic) bond motifs is 2. The van der Waals surface area contributed by atoms with Gasteiger partial charge in [-0.2, -0.15) is 0 Å². The number of hydrogen-bond donors (Lipinski definition) is 0. The van der Waals surface area contributed by atoms with Gasteiger partial charge in [0, 0.05) is 20.1 Å². The summed E-state index contributed by atoms with van der Waals surface area (Å²) in [6, 6.07) is 4.02. The topological polar surface area (TPSA) is 59.1 Å². The molecule has 0 aliphatic carbocycles. The van der Waals surface area contributed by atoms with Crippen molar-refractivity contribution >= 4 is 17.7 Å². The predicted octanol–water partition coefficient (Wildman–Crippen LogP) is 2.38. The van der Waals surface area contributed by atoms with E-state index in [-0.39, 0.29) is 18.6 Å². The van der Waals surface area contributed by atoms with Crippen LogP contribution in [-0.2, 0) is 22.4 Å². The minimum absolute atomic E-state index is 0.0496. The van der Waals surface area contributed by atoms with E-state index in [9.17, 15) is 9.59 Å². The van der Waals surface area contributed by atoms with Gasteiger partial charge in [-0.15, -0.1) is 0 Å². The third kappa shape index (κ3) is 3.32. The van der Waals surface area contributed by atoms with Gasteiger partial charge in [0.2, 0.25) is 0 Å². The molecule has 1 aromatic carbocycles. The molecule has 6 heteroatoms. The highest BCUT2D eigenvalue weighted by Gasteiger charge is 2.27. The summed E-state index contributed by atoms with van der Waals surface area (Å²) in [4.78, 5) is 27.5. The van der Waals surface area contributed by atoms with E-state index < -0.39 is 5.60 Å². The molecule has 0 atom stereocenters. The second-order valence-electron chi connectivity index (χ2n) is 7.30. The Balaban J connectivity index is 1.79. The molecule has 0 aromatic heterocycles. The fraction of sp³-hybridized carbons (Fsp3) is 0.556. The van der Waals surface area contributed by atoms with Gasteiger partial charge in [-0.1, -0.05) is 0 Å². The fourth-order valence-corrected chi connectivity index (χ4v) is 3.00. The number of carbonyl (C=O) groups excluding carboxylic acids is 2. The number of amides is 2. The molecule has 0 spiro atoms. The Hall–Kier alpha value is -2.24. The van der Waals surface area contributed by atoms with Crippen molar-refractivity contribution in [3.05, 3.63) is 23.3 Å². The van der Waals surface area contributed by atoms with Crippen molar-refractivity contribution in [3.8, 4) is 5.75 Å². The van der Waals surface area contributed by atoms with Crippen LogP contribution in [0.3, 0.4) is 0 Å². The number of rotatable bonds is 0. The van der Waals surface area contributed by atoms with E-state index in [2.05, 4.69) is 0 Å². The molecule has 130 valence electrons. The molecule has 1 aromatic rings. The van der Waals surface area contributed by atoms with Crippen molar-refractivity contribution in [1.29, 1.82) is 0 Å². The number of likely N-dealkylation sites (N-methyl/N-ethyl adjacent to an activating group) is 1. The van der Waals surface area contributed by atoms with Gasteiger partial charge >= 0.3 is 6.09 Å². The molecule has 0 unspecified atom stereocenters. The summed E-state index contributed by atoms with van der Waals surface area (Å²) < 4.78 is 11.0. The summed E-state index contributed by atoms with van der Waals surface area (Å²) >= 11 is 0. The molecule has 2 aliphatic heterocycles. The molecule has 0 bridgehead atoms. The second kappa shape index (κ2) is 6.00. The molecular weight excluding hydrogens is 308 g/mol. The van der Waals surface area contributed by atoms with Gasteiger partial charge in [0.1, 0.15) is 11.4 Å². The summed E-state index contributed by atoms with van der Waals surface area (Å²) in [6.07, 6.45) is 1.22. The van der Waals surface area contributed by atoms with E-state index in [0.717, 1.165) is 29.8 Å². The average molecular weight is 332 g/mol. The molecule has 3 rings (SSSR count). The van der Waals surface area contributed by atoms with E-state index >= 15 is 0 Å². The predicted molar refractivity (Wildman–Crippen MR) is 90.6 cm³/mol. The zero-order valence-corrected chi connectivity index (χ0v) is 14.7. The van der Waals surface area contributed by atoms with Crippen LogP contribution in [0, 0.1) is 0 Å².